The van der Waals surface area contributed by atoms with Gasteiger partial charge in [-0.25, -0.2) is 9.67 Å². The summed E-state index contributed by atoms with van der Waals surface area (Å²) in [7, 11) is 3.24. The molecule has 0 unspecified atom stereocenters. The predicted molar refractivity (Wildman–Crippen MR) is 194 cm³/mol. The van der Waals surface area contributed by atoms with E-state index in [2.05, 4.69) is 47.4 Å². The van der Waals surface area contributed by atoms with E-state index in [4.69, 9.17) is 26.1 Å². The van der Waals surface area contributed by atoms with Crippen molar-refractivity contribution in [3.63, 3.8) is 0 Å². The number of methoxy groups -OCH3 is 2. The van der Waals surface area contributed by atoms with Crippen molar-refractivity contribution < 1.29 is 9.47 Å². The molecular formula is C38H33ClN6O2S. The molecule has 0 radical (unpaired) electrons. The Morgan fingerprint density at radius 3 is 2.29 bits per heavy atom. The van der Waals surface area contributed by atoms with Gasteiger partial charge in [-0.15, -0.1) is 21.6 Å². The van der Waals surface area contributed by atoms with Crippen LogP contribution in [0.25, 0.3) is 17.8 Å². The van der Waals surface area contributed by atoms with Crippen LogP contribution in [-0.2, 0) is 5.41 Å². The summed E-state index contributed by atoms with van der Waals surface area (Å²) >= 11 is 8.33. The SMILES string of the molecule is COc1ccc(N=N/C(=N\c2sc3c(c2C#N)C=C(/C=C\c2c(C)nn(-c4ccccc4)c2Cl)CC3(C)C)c2ccc(OC)cc2)cc1. The van der Waals surface area contributed by atoms with E-state index in [9.17, 15) is 5.26 Å². The molecule has 0 fully saturated rings. The lowest BCUT2D eigenvalue weighted by atomic mass is 9.77. The number of aromatic nitrogens is 2. The number of halogens is 1. The number of rotatable bonds is 8. The first-order valence-corrected chi connectivity index (χ1v) is 16.5. The van der Waals surface area contributed by atoms with Crippen LogP contribution in [0.1, 0.15) is 53.1 Å². The Balaban J connectivity index is 1.39. The third-order valence-electron chi connectivity index (χ3n) is 8.03. The Morgan fingerprint density at radius 2 is 1.65 bits per heavy atom. The monoisotopic (exact) mass is 672 g/mol. The van der Waals surface area contributed by atoms with Crippen LogP contribution in [0.3, 0.4) is 0 Å². The molecule has 0 atom stereocenters. The molecule has 0 spiro atoms. The average molecular weight is 673 g/mol. The van der Waals surface area contributed by atoms with Crippen LogP contribution < -0.4 is 9.47 Å². The molecule has 6 rings (SSSR count). The second-order valence-electron chi connectivity index (χ2n) is 11.8. The van der Waals surface area contributed by atoms with E-state index in [0.29, 0.717) is 33.0 Å². The highest BCUT2D eigenvalue weighted by Gasteiger charge is 2.33. The van der Waals surface area contributed by atoms with Crippen LogP contribution in [0.5, 0.6) is 11.5 Å². The number of allylic oxidation sites excluding steroid dienone is 2. The number of aryl methyl sites for hydroxylation is 1. The van der Waals surface area contributed by atoms with E-state index in [1.165, 1.54) is 11.3 Å². The molecule has 0 bridgehead atoms. The summed E-state index contributed by atoms with van der Waals surface area (Å²) in [5, 5.41) is 25.3. The van der Waals surface area contributed by atoms with Crippen molar-refractivity contribution in [3.05, 3.63) is 128 Å². The van der Waals surface area contributed by atoms with Crippen LogP contribution >= 0.6 is 22.9 Å². The molecule has 1 aliphatic rings. The maximum Gasteiger partial charge on any atom is 0.183 e. The third kappa shape index (κ3) is 6.72. The summed E-state index contributed by atoms with van der Waals surface area (Å²) in [4.78, 5) is 6.06. The second kappa shape index (κ2) is 13.8. The van der Waals surface area contributed by atoms with Crippen LogP contribution in [0.2, 0.25) is 5.15 Å². The summed E-state index contributed by atoms with van der Waals surface area (Å²) < 4.78 is 12.4. The van der Waals surface area contributed by atoms with Gasteiger partial charge >= 0.3 is 0 Å². The molecule has 0 aliphatic heterocycles. The zero-order chi connectivity index (χ0) is 33.8. The first kappa shape index (κ1) is 32.6. The summed E-state index contributed by atoms with van der Waals surface area (Å²) in [6.07, 6.45) is 6.94. The lowest BCUT2D eigenvalue weighted by molar-refractivity contribution is 0.414. The Morgan fingerprint density at radius 1 is 0.979 bits per heavy atom. The van der Waals surface area contributed by atoms with Crippen molar-refractivity contribution in [1.29, 1.82) is 5.26 Å². The molecule has 2 heterocycles. The van der Waals surface area contributed by atoms with Gasteiger partial charge in [-0.1, -0.05) is 49.7 Å². The van der Waals surface area contributed by atoms with Gasteiger partial charge in [-0.3, -0.25) is 0 Å². The van der Waals surface area contributed by atoms with Gasteiger partial charge < -0.3 is 9.47 Å². The van der Waals surface area contributed by atoms with Crippen molar-refractivity contribution in [1.82, 2.24) is 9.78 Å². The Kier molecular flexibility index (Phi) is 9.40. The molecule has 2 aromatic heterocycles. The summed E-state index contributed by atoms with van der Waals surface area (Å²) in [6, 6.07) is 27.0. The van der Waals surface area contributed by atoms with E-state index in [1.807, 2.05) is 91.9 Å². The second-order valence-corrected chi connectivity index (χ2v) is 13.2. The number of fused-ring (bicyclic) bond motifs is 1. The number of amidine groups is 1. The van der Waals surface area contributed by atoms with Crippen LogP contribution in [0.4, 0.5) is 10.7 Å². The molecule has 5 aromatic rings. The zero-order valence-corrected chi connectivity index (χ0v) is 28.8. The number of benzene rings is 3. The first-order chi connectivity index (χ1) is 23.2. The van der Waals surface area contributed by atoms with Gasteiger partial charge in [0.05, 0.1) is 36.9 Å². The van der Waals surface area contributed by atoms with Gasteiger partial charge in [0.25, 0.3) is 0 Å². The van der Waals surface area contributed by atoms with E-state index in [0.717, 1.165) is 50.7 Å². The van der Waals surface area contributed by atoms with Crippen LogP contribution in [0, 0.1) is 18.3 Å². The van der Waals surface area contributed by atoms with E-state index >= 15 is 0 Å². The van der Waals surface area contributed by atoms with Gasteiger partial charge in [0.1, 0.15) is 27.7 Å². The maximum atomic E-state index is 10.4. The zero-order valence-electron chi connectivity index (χ0n) is 27.2. The Hall–Kier alpha value is -5.30. The van der Waals surface area contributed by atoms with Crippen molar-refractivity contribution in [2.24, 2.45) is 15.2 Å². The molecule has 0 saturated carbocycles. The Bertz CT molecular complexity index is 2120. The molecule has 0 N–H and O–H groups in total. The maximum absolute atomic E-state index is 10.4. The number of para-hydroxylation sites is 1. The molecular weight excluding hydrogens is 640 g/mol. The molecule has 0 saturated heterocycles. The highest BCUT2D eigenvalue weighted by atomic mass is 35.5. The topological polar surface area (TPSA) is 97.1 Å². The number of nitrogens with zero attached hydrogens (tertiary/aromatic N) is 6. The summed E-state index contributed by atoms with van der Waals surface area (Å²) in [5.41, 5.74) is 6.19. The molecule has 8 nitrogen and oxygen atoms in total. The fourth-order valence-electron chi connectivity index (χ4n) is 5.56. The van der Waals surface area contributed by atoms with Gasteiger partial charge in [0.15, 0.2) is 5.84 Å². The molecule has 1 aliphatic carbocycles. The van der Waals surface area contributed by atoms with E-state index in [1.54, 1.807) is 18.9 Å². The fourth-order valence-corrected chi connectivity index (χ4v) is 7.10. The number of ether oxygens (including phenoxy) is 2. The fraction of sp³-hybridized carbons (Fsp3) is 0.184. The van der Waals surface area contributed by atoms with Crippen molar-refractivity contribution >= 4 is 51.6 Å². The van der Waals surface area contributed by atoms with E-state index in [-0.39, 0.29) is 5.41 Å². The standard InChI is InChI=1S/C38H33ClN6O2S/c1-24-31(35(39)45(44-24)28-9-7-6-8-10-28)20-11-25-21-32-33(23-40)37(48-34(32)38(2,3)22-25)41-36(26-12-16-29(46-4)17-13-26)43-42-27-14-18-30(47-5)19-15-27/h6-21H,22H2,1-5H3/b20-11-,41-36-,43-42?. The van der Waals surface area contributed by atoms with Crippen molar-refractivity contribution in [3.8, 4) is 23.3 Å². The quantitative estimate of drug-likeness (QED) is 0.0930. The number of azo groups is 1. The highest BCUT2D eigenvalue weighted by Crippen LogP contribution is 2.49. The molecule has 10 heteroatoms. The van der Waals surface area contributed by atoms with Crippen LogP contribution in [0.15, 0.2) is 106 Å². The van der Waals surface area contributed by atoms with Gasteiger partial charge in [-0.2, -0.15) is 10.4 Å². The highest BCUT2D eigenvalue weighted by molar-refractivity contribution is 7.16. The summed E-state index contributed by atoms with van der Waals surface area (Å²) in [6.45, 7) is 6.33. The normalized spacial score (nSPS) is 14.2. The van der Waals surface area contributed by atoms with Gasteiger partial charge in [-0.05, 0) is 91.7 Å². The third-order valence-corrected chi connectivity index (χ3v) is 9.86. The number of hydrogen-bond acceptors (Lipinski definition) is 7. The predicted octanol–water partition coefficient (Wildman–Crippen LogP) is 10.4. The largest absolute Gasteiger partial charge is 0.497 e. The first-order valence-electron chi connectivity index (χ1n) is 15.3. The van der Waals surface area contributed by atoms with Crippen molar-refractivity contribution in [2.75, 3.05) is 14.2 Å². The number of hydrogen-bond donors (Lipinski definition) is 0. The lowest BCUT2D eigenvalue weighted by Crippen LogP contribution is -2.20. The number of nitriles is 1. The molecule has 240 valence electrons. The number of thiophene rings is 1. The minimum Gasteiger partial charge on any atom is -0.497 e. The average Bonchev–Trinajstić information content (AvgIpc) is 3.61. The number of aliphatic imine (C=N–C) groups is 1. The van der Waals surface area contributed by atoms with Gasteiger partial charge in [0, 0.05) is 27.0 Å². The molecule has 3 aromatic carbocycles. The lowest BCUT2D eigenvalue weighted by Gasteiger charge is -2.29. The minimum absolute atomic E-state index is 0.244. The van der Waals surface area contributed by atoms with E-state index < -0.39 is 0 Å². The summed E-state index contributed by atoms with van der Waals surface area (Å²) in [5.74, 6) is 1.82. The van der Waals surface area contributed by atoms with Crippen LogP contribution in [-0.4, -0.2) is 29.8 Å². The Labute approximate surface area is 289 Å². The van der Waals surface area contributed by atoms with Gasteiger partial charge in [0.2, 0.25) is 0 Å². The minimum atomic E-state index is -0.244. The van der Waals surface area contributed by atoms with Crippen molar-refractivity contribution in [2.45, 2.75) is 32.6 Å². The smallest absolute Gasteiger partial charge is 0.183 e. The molecule has 0 amide bonds. The molecule has 48 heavy (non-hydrogen) atoms.